The van der Waals surface area contributed by atoms with E-state index < -0.39 is 24.1 Å². The Balaban J connectivity index is 1.81. The molecule has 2 aliphatic heterocycles. The van der Waals surface area contributed by atoms with Gasteiger partial charge in [-0.3, -0.25) is 9.69 Å². The maximum absolute atomic E-state index is 13.3. The van der Waals surface area contributed by atoms with Crippen molar-refractivity contribution in [2.75, 3.05) is 29.6 Å². The smallest absolute Gasteiger partial charge is 0.313 e. The van der Waals surface area contributed by atoms with Crippen LogP contribution in [0.25, 0.3) is 0 Å². The number of rotatable bonds is 2. The van der Waals surface area contributed by atoms with Crippen LogP contribution in [0.15, 0.2) is 29.6 Å². The van der Waals surface area contributed by atoms with Gasteiger partial charge in [0, 0.05) is 25.4 Å². The molecular formula is C20H20F3N5O2S. The molecule has 1 unspecified atom stereocenters. The van der Waals surface area contributed by atoms with Crippen LogP contribution in [-0.4, -0.2) is 52.8 Å². The van der Waals surface area contributed by atoms with Crippen LogP contribution in [0, 0.1) is 6.92 Å². The minimum atomic E-state index is -5.05. The van der Waals surface area contributed by atoms with Gasteiger partial charge in [-0.25, -0.2) is 14.8 Å². The maximum Gasteiger partial charge on any atom is 0.471 e. The lowest BCUT2D eigenvalue weighted by molar-refractivity contribution is -0.170. The van der Waals surface area contributed by atoms with Crippen LogP contribution < -0.4 is 9.80 Å². The number of hydrogen-bond donors (Lipinski definition) is 0. The molecule has 0 spiro atoms. The number of carbonyl (C=O) groups is 2. The van der Waals surface area contributed by atoms with Crippen LogP contribution in [0.1, 0.15) is 30.5 Å². The molecule has 3 heterocycles. The van der Waals surface area contributed by atoms with Crippen LogP contribution in [0.3, 0.4) is 0 Å². The van der Waals surface area contributed by atoms with E-state index in [1.54, 1.807) is 25.3 Å². The molecule has 0 saturated carbocycles. The normalized spacial score (nSPS) is 21.5. The number of urea groups is 1. The zero-order valence-electron chi connectivity index (χ0n) is 18.0. The van der Waals surface area contributed by atoms with Crippen LogP contribution in [-0.2, 0) is 11.3 Å². The first kappa shape index (κ1) is 20.1. The van der Waals surface area contributed by atoms with E-state index in [9.17, 15) is 24.1 Å². The highest BCUT2D eigenvalue weighted by Crippen LogP contribution is 2.43. The molecule has 2 aromatic rings. The van der Waals surface area contributed by atoms with Gasteiger partial charge in [-0.1, -0.05) is 30.0 Å². The van der Waals surface area contributed by atoms with Crippen molar-refractivity contribution in [2.24, 2.45) is 0 Å². The zero-order chi connectivity index (χ0) is 23.4. The highest BCUT2D eigenvalue weighted by molar-refractivity contribution is 7.98. The van der Waals surface area contributed by atoms with Gasteiger partial charge in [-0.15, -0.1) is 0 Å². The highest BCUT2D eigenvalue weighted by Gasteiger charge is 2.47. The summed E-state index contributed by atoms with van der Waals surface area (Å²) in [7, 11) is 1.53. The Morgan fingerprint density at radius 1 is 1.35 bits per heavy atom. The summed E-state index contributed by atoms with van der Waals surface area (Å²) >= 11 is 1.33. The van der Waals surface area contributed by atoms with E-state index in [4.69, 9.17) is 0 Å². The molecule has 164 valence electrons. The second-order valence-electron chi connectivity index (χ2n) is 7.26. The quantitative estimate of drug-likeness (QED) is 0.510. The summed E-state index contributed by atoms with van der Waals surface area (Å²) in [6.07, 6.45) is -1.82. The van der Waals surface area contributed by atoms with Crippen molar-refractivity contribution in [2.45, 2.75) is 37.2 Å². The van der Waals surface area contributed by atoms with Crippen LogP contribution in [0.2, 0.25) is 0 Å². The minimum Gasteiger partial charge on any atom is -0.313 e. The first-order valence-electron chi connectivity index (χ1n) is 9.93. The van der Waals surface area contributed by atoms with E-state index in [2.05, 4.69) is 9.97 Å². The number of nitrogens with zero attached hydrogens (tertiary/aromatic N) is 5. The van der Waals surface area contributed by atoms with Gasteiger partial charge in [0.2, 0.25) is 0 Å². The molecule has 4 rings (SSSR count). The second kappa shape index (κ2) is 7.70. The van der Waals surface area contributed by atoms with E-state index in [0.29, 0.717) is 27.0 Å². The Morgan fingerprint density at radius 2 is 2.10 bits per heavy atom. The number of para-hydroxylation sites is 1. The summed E-state index contributed by atoms with van der Waals surface area (Å²) in [5.74, 6) is -1.55. The molecule has 0 N–H and O–H groups in total. The summed E-state index contributed by atoms with van der Waals surface area (Å²) < 4.78 is 48.9. The Labute approximate surface area is 182 Å². The number of carbonyl (C=O) groups excluding carboxylic acids is 2. The number of benzene rings is 1. The molecule has 3 amide bonds. The predicted octanol–water partition coefficient (Wildman–Crippen LogP) is 3.92. The largest absolute Gasteiger partial charge is 0.471 e. The van der Waals surface area contributed by atoms with Crippen molar-refractivity contribution >= 4 is 35.2 Å². The van der Waals surface area contributed by atoms with Crippen LogP contribution in [0.4, 0.5) is 29.5 Å². The third-order valence-corrected chi connectivity index (χ3v) is 5.93. The summed E-state index contributed by atoms with van der Waals surface area (Å²) in [4.78, 5) is 37.3. The fraction of sp³-hybridized carbons (Fsp3) is 0.400. The standard InChI is InChI=1S/C20H20F3N5O2S/c1-11-5-4-6-13-14(7-8-27(15(11)13)17(29)20(21,22)23)28-10-12-9-24-18(31-3)25-16(12)26(2)19(28)30/h4-6,9,14H,7-8,10H2,1-3H3/i14D. The summed E-state index contributed by atoms with van der Waals surface area (Å²) in [6, 6.07) is 2.52. The Hall–Kier alpha value is -2.82. The molecule has 2 aliphatic rings. The van der Waals surface area contributed by atoms with Crippen LogP contribution in [0.5, 0.6) is 0 Å². The number of aryl methyl sites for hydroxylation is 1. The van der Waals surface area contributed by atoms with Crippen molar-refractivity contribution in [1.82, 2.24) is 14.9 Å². The maximum atomic E-state index is 13.3. The third-order valence-electron chi connectivity index (χ3n) is 5.37. The van der Waals surface area contributed by atoms with Gasteiger partial charge in [0.15, 0.2) is 5.16 Å². The summed E-state index contributed by atoms with van der Waals surface area (Å²) in [6.45, 7) is 1.26. The molecule has 0 aliphatic carbocycles. The Morgan fingerprint density at radius 3 is 2.77 bits per heavy atom. The average molecular weight is 452 g/mol. The summed E-state index contributed by atoms with van der Waals surface area (Å²) in [5, 5.41) is 0.498. The van der Waals surface area contributed by atoms with Gasteiger partial charge >= 0.3 is 18.1 Å². The predicted molar refractivity (Wildman–Crippen MR) is 110 cm³/mol. The lowest BCUT2D eigenvalue weighted by Gasteiger charge is -2.43. The molecule has 0 radical (unpaired) electrons. The molecule has 0 bridgehead atoms. The molecule has 11 heteroatoms. The van der Waals surface area contributed by atoms with Crippen molar-refractivity contribution in [3.05, 3.63) is 41.1 Å². The molecule has 1 aromatic carbocycles. The van der Waals surface area contributed by atoms with Crippen molar-refractivity contribution < 1.29 is 24.1 Å². The monoisotopic (exact) mass is 452 g/mol. The van der Waals surface area contributed by atoms with Gasteiger partial charge in [-0.05, 0) is 30.7 Å². The molecule has 7 nitrogen and oxygen atoms in total. The van der Waals surface area contributed by atoms with Gasteiger partial charge in [0.1, 0.15) is 5.82 Å². The second-order valence-corrected chi connectivity index (χ2v) is 8.03. The van der Waals surface area contributed by atoms with E-state index in [1.165, 1.54) is 34.7 Å². The van der Waals surface area contributed by atoms with Gasteiger partial charge < -0.3 is 9.80 Å². The number of aromatic nitrogens is 2. The molecular weight excluding hydrogens is 431 g/mol. The molecule has 1 aromatic heterocycles. The first-order valence-corrected chi connectivity index (χ1v) is 10.7. The summed E-state index contributed by atoms with van der Waals surface area (Å²) in [5.41, 5.74) is 1.24. The van der Waals surface area contributed by atoms with Crippen molar-refractivity contribution in [3.63, 3.8) is 0 Å². The number of halogens is 3. The fourth-order valence-electron chi connectivity index (χ4n) is 3.95. The van der Waals surface area contributed by atoms with E-state index in [-0.39, 0.29) is 30.8 Å². The Bertz CT molecular complexity index is 1120. The van der Waals surface area contributed by atoms with E-state index in [0.717, 1.165) is 0 Å². The number of hydrogen-bond acceptors (Lipinski definition) is 5. The lowest BCUT2D eigenvalue weighted by atomic mass is 9.91. The molecule has 0 fully saturated rings. The average Bonchev–Trinajstić information content (AvgIpc) is 2.75. The van der Waals surface area contributed by atoms with Crippen LogP contribution >= 0.6 is 11.8 Å². The highest BCUT2D eigenvalue weighted by atomic mass is 32.2. The fourth-order valence-corrected chi connectivity index (χ4v) is 4.29. The van der Waals surface area contributed by atoms with Crippen molar-refractivity contribution in [3.8, 4) is 0 Å². The van der Waals surface area contributed by atoms with Gasteiger partial charge in [0.25, 0.3) is 0 Å². The first-order chi connectivity index (χ1) is 15.0. The van der Waals surface area contributed by atoms with E-state index >= 15 is 0 Å². The van der Waals surface area contributed by atoms with E-state index in [1.807, 2.05) is 6.26 Å². The molecule has 31 heavy (non-hydrogen) atoms. The Kier molecular flexibility index (Phi) is 4.99. The van der Waals surface area contributed by atoms with Gasteiger partial charge in [-0.2, -0.15) is 13.2 Å². The number of fused-ring (bicyclic) bond motifs is 2. The molecule has 1 atom stereocenters. The number of alkyl halides is 3. The third kappa shape index (κ3) is 3.60. The van der Waals surface area contributed by atoms with Gasteiger partial charge in [0.05, 0.1) is 19.6 Å². The molecule has 0 saturated heterocycles. The topological polar surface area (TPSA) is 69.6 Å². The SMILES string of the molecule is [2H]C1(N2Cc3cnc(SC)nc3N(C)C2=O)CCN(C(=O)C(F)(F)F)c2c(C)cccc21. The number of thioether (sulfide) groups is 1. The number of amides is 3. The number of anilines is 2. The zero-order valence-corrected chi connectivity index (χ0v) is 17.8. The minimum absolute atomic E-state index is 0.0197. The van der Waals surface area contributed by atoms with Crippen molar-refractivity contribution in [1.29, 1.82) is 0 Å². The lowest BCUT2D eigenvalue weighted by Crippen LogP contribution is -2.51.